The largest absolute Gasteiger partial charge is 0.493 e. The molecule has 1 heterocycles. The summed E-state index contributed by atoms with van der Waals surface area (Å²) in [6, 6.07) is 17.8. The zero-order chi connectivity index (χ0) is 24.5. The van der Waals surface area contributed by atoms with Crippen LogP contribution in [0.1, 0.15) is 23.6 Å². The highest BCUT2D eigenvalue weighted by molar-refractivity contribution is 7.91. The van der Waals surface area contributed by atoms with Crippen molar-refractivity contribution < 1.29 is 17.9 Å². The van der Waals surface area contributed by atoms with Crippen LogP contribution in [0.3, 0.4) is 0 Å². The van der Waals surface area contributed by atoms with E-state index in [1.807, 2.05) is 38.1 Å². The van der Waals surface area contributed by atoms with Crippen molar-refractivity contribution in [2.75, 3.05) is 14.2 Å². The van der Waals surface area contributed by atoms with Gasteiger partial charge < -0.3 is 14.0 Å². The Morgan fingerprint density at radius 2 is 1.56 bits per heavy atom. The number of pyridine rings is 1. The molecule has 4 aromatic rings. The first-order valence-corrected chi connectivity index (χ1v) is 12.5. The van der Waals surface area contributed by atoms with Gasteiger partial charge in [0.25, 0.3) is 0 Å². The van der Waals surface area contributed by atoms with Crippen LogP contribution in [0.15, 0.2) is 81.4 Å². The van der Waals surface area contributed by atoms with E-state index < -0.39 is 15.3 Å². The van der Waals surface area contributed by atoms with Gasteiger partial charge in [0.1, 0.15) is 4.90 Å². The molecule has 176 valence electrons. The maximum atomic E-state index is 13.6. The van der Waals surface area contributed by atoms with E-state index in [4.69, 9.17) is 9.47 Å². The van der Waals surface area contributed by atoms with Crippen LogP contribution in [-0.4, -0.2) is 27.2 Å². The molecule has 0 fully saturated rings. The van der Waals surface area contributed by atoms with E-state index in [9.17, 15) is 13.2 Å². The molecular weight excluding hydrogens is 450 g/mol. The standard InChI is InChI=1S/C27H27NO5S/c1-5-19-9-11-21(12-10-19)34(30,31)26-17-28(16-20-8-6-7-18(2)13-20)23-15-25(33-4)24(32-3)14-22(23)27(26)29/h6-15,17H,5,16H2,1-4H3. The zero-order valence-electron chi connectivity index (χ0n) is 19.7. The highest BCUT2D eigenvalue weighted by Gasteiger charge is 2.25. The summed E-state index contributed by atoms with van der Waals surface area (Å²) in [7, 11) is -1.05. The third-order valence-corrected chi connectivity index (χ3v) is 7.68. The average molecular weight is 478 g/mol. The van der Waals surface area contributed by atoms with E-state index >= 15 is 0 Å². The van der Waals surface area contributed by atoms with Crippen LogP contribution in [0.25, 0.3) is 10.9 Å². The monoisotopic (exact) mass is 477 g/mol. The molecule has 4 rings (SSSR count). The van der Waals surface area contributed by atoms with Gasteiger partial charge in [0.05, 0.1) is 30.0 Å². The number of aryl methyl sites for hydroxylation is 2. The summed E-state index contributed by atoms with van der Waals surface area (Å²) in [6.45, 7) is 4.38. The Hall–Kier alpha value is -3.58. The maximum Gasteiger partial charge on any atom is 0.211 e. The molecule has 0 unspecified atom stereocenters. The molecule has 0 aliphatic rings. The Labute approximate surface area is 199 Å². The van der Waals surface area contributed by atoms with E-state index in [-0.39, 0.29) is 15.2 Å². The molecule has 3 aromatic carbocycles. The van der Waals surface area contributed by atoms with Gasteiger partial charge in [0.15, 0.2) is 11.5 Å². The minimum absolute atomic E-state index is 0.0868. The molecule has 6 nitrogen and oxygen atoms in total. The molecule has 0 bridgehead atoms. The Bertz CT molecular complexity index is 1520. The van der Waals surface area contributed by atoms with E-state index in [2.05, 4.69) is 0 Å². The molecule has 0 radical (unpaired) electrons. The minimum Gasteiger partial charge on any atom is -0.493 e. The third kappa shape index (κ3) is 4.31. The van der Waals surface area contributed by atoms with Crippen molar-refractivity contribution >= 4 is 20.7 Å². The number of hydrogen-bond acceptors (Lipinski definition) is 5. The van der Waals surface area contributed by atoms with Gasteiger partial charge in [-0.05, 0) is 42.7 Å². The molecule has 0 saturated carbocycles. The fourth-order valence-electron chi connectivity index (χ4n) is 4.05. The first kappa shape index (κ1) is 23.6. The van der Waals surface area contributed by atoms with Gasteiger partial charge in [-0.1, -0.05) is 48.9 Å². The Morgan fingerprint density at radius 3 is 2.18 bits per heavy atom. The summed E-state index contributed by atoms with van der Waals surface area (Å²) in [5, 5.41) is 0.247. The number of fused-ring (bicyclic) bond motifs is 1. The van der Waals surface area contributed by atoms with Crippen LogP contribution in [0.2, 0.25) is 0 Å². The first-order valence-electron chi connectivity index (χ1n) is 11.0. The van der Waals surface area contributed by atoms with Crippen molar-refractivity contribution in [1.29, 1.82) is 0 Å². The van der Waals surface area contributed by atoms with Crippen LogP contribution >= 0.6 is 0 Å². The number of aromatic nitrogens is 1. The SMILES string of the molecule is CCc1ccc(S(=O)(=O)c2cn(Cc3cccc(C)c3)c3cc(OC)c(OC)cc3c2=O)cc1. The van der Waals surface area contributed by atoms with E-state index in [0.29, 0.717) is 23.6 Å². The van der Waals surface area contributed by atoms with E-state index in [0.717, 1.165) is 23.1 Å². The second-order valence-electron chi connectivity index (χ2n) is 8.16. The van der Waals surface area contributed by atoms with Gasteiger partial charge in [0, 0.05) is 18.8 Å². The van der Waals surface area contributed by atoms with Crippen LogP contribution < -0.4 is 14.9 Å². The summed E-state index contributed by atoms with van der Waals surface area (Å²) in [5.41, 5.74) is 3.08. The summed E-state index contributed by atoms with van der Waals surface area (Å²) in [4.78, 5) is 13.3. The number of benzene rings is 3. The second kappa shape index (κ2) is 9.35. The molecule has 0 atom stereocenters. The lowest BCUT2D eigenvalue weighted by atomic mass is 10.1. The number of sulfone groups is 1. The van der Waals surface area contributed by atoms with Gasteiger partial charge in [-0.2, -0.15) is 0 Å². The lowest BCUT2D eigenvalue weighted by molar-refractivity contribution is 0.355. The number of nitrogens with zero attached hydrogens (tertiary/aromatic N) is 1. The molecule has 0 amide bonds. The minimum atomic E-state index is -4.05. The zero-order valence-corrected chi connectivity index (χ0v) is 20.5. The van der Waals surface area contributed by atoms with Crippen molar-refractivity contribution in [3.05, 3.63) is 93.8 Å². The van der Waals surface area contributed by atoms with Gasteiger partial charge >= 0.3 is 0 Å². The molecule has 0 saturated heterocycles. The number of rotatable bonds is 7. The second-order valence-corrected chi connectivity index (χ2v) is 10.1. The average Bonchev–Trinajstić information content (AvgIpc) is 2.84. The quantitative estimate of drug-likeness (QED) is 0.383. The topological polar surface area (TPSA) is 74.6 Å². The number of hydrogen-bond donors (Lipinski definition) is 0. The Morgan fingerprint density at radius 1 is 0.882 bits per heavy atom. The van der Waals surface area contributed by atoms with Gasteiger partial charge in [-0.3, -0.25) is 4.79 Å². The Balaban J connectivity index is 2.00. The van der Waals surface area contributed by atoms with Crippen molar-refractivity contribution in [2.24, 2.45) is 0 Å². The van der Waals surface area contributed by atoms with Crippen LogP contribution in [0, 0.1) is 6.92 Å². The number of methoxy groups -OCH3 is 2. The predicted molar refractivity (Wildman–Crippen MR) is 133 cm³/mol. The molecule has 0 aliphatic heterocycles. The lowest BCUT2D eigenvalue weighted by Gasteiger charge is -2.17. The summed E-state index contributed by atoms with van der Waals surface area (Å²) in [6.07, 6.45) is 2.23. The van der Waals surface area contributed by atoms with Crippen LogP contribution in [-0.2, 0) is 22.8 Å². The van der Waals surface area contributed by atoms with Crippen molar-refractivity contribution in [3.8, 4) is 11.5 Å². The van der Waals surface area contributed by atoms with E-state index in [1.54, 1.807) is 41.0 Å². The summed E-state index contributed by atoms with van der Waals surface area (Å²) < 4.78 is 39.7. The van der Waals surface area contributed by atoms with Crippen molar-refractivity contribution in [3.63, 3.8) is 0 Å². The van der Waals surface area contributed by atoms with Gasteiger partial charge in [-0.25, -0.2) is 8.42 Å². The van der Waals surface area contributed by atoms with Crippen molar-refractivity contribution in [2.45, 2.75) is 36.6 Å². The molecule has 7 heteroatoms. The molecular formula is C27H27NO5S. The smallest absolute Gasteiger partial charge is 0.211 e. The highest BCUT2D eigenvalue weighted by Crippen LogP contribution is 2.32. The summed E-state index contributed by atoms with van der Waals surface area (Å²) in [5.74, 6) is 0.814. The fraction of sp³-hybridized carbons (Fsp3) is 0.222. The molecule has 0 N–H and O–H groups in total. The van der Waals surface area contributed by atoms with Crippen LogP contribution in [0.5, 0.6) is 11.5 Å². The van der Waals surface area contributed by atoms with Gasteiger partial charge in [0.2, 0.25) is 15.3 Å². The predicted octanol–water partition coefficient (Wildman–Crippen LogP) is 4.77. The summed E-state index contributed by atoms with van der Waals surface area (Å²) >= 11 is 0. The molecule has 1 aromatic heterocycles. The number of ether oxygens (including phenoxy) is 2. The Kier molecular flexibility index (Phi) is 6.48. The third-order valence-electron chi connectivity index (χ3n) is 5.92. The molecule has 34 heavy (non-hydrogen) atoms. The molecule has 0 aliphatic carbocycles. The van der Waals surface area contributed by atoms with Gasteiger partial charge in [-0.15, -0.1) is 0 Å². The fourth-order valence-corrected chi connectivity index (χ4v) is 5.42. The van der Waals surface area contributed by atoms with E-state index in [1.165, 1.54) is 20.4 Å². The normalized spacial score (nSPS) is 11.5. The lowest BCUT2D eigenvalue weighted by Crippen LogP contribution is -2.20. The van der Waals surface area contributed by atoms with Crippen molar-refractivity contribution in [1.82, 2.24) is 4.57 Å². The maximum absolute atomic E-state index is 13.6. The van der Waals surface area contributed by atoms with Crippen LogP contribution in [0.4, 0.5) is 0 Å². The first-order chi connectivity index (χ1) is 16.3. The molecule has 0 spiro atoms. The highest BCUT2D eigenvalue weighted by atomic mass is 32.2.